The molecule has 0 amide bonds. The smallest absolute Gasteiger partial charge is 0.129 e. The lowest BCUT2D eigenvalue weighted by atomic mass is 10.1. The monoisotopic (exact) mass is 269 g/mol. The molecule has 0 aliphatic heterocycles. The maximum absolute atomic E-state index is 13.5. The average Bonchev–Trinajstić information content (AvgIpc) is 2.84. The van der Waals surface area contributed by atoms with E-state index in [1.807, 2.05) is 11.8 Å². The lowest BCUT2D eigenvalue weighted by molar-refractivity contribution is 0.165. The number of aliphatic hydroxyl groups excluding tert-OH is 1. The highest BCUT2D eigenvalue weighted by Gasteiger charge is 2.24. The molecule has 0 radical (unpaired) electrons. The van der Waals surface area contributed by atoms with Gasteiger partial charge in [0.1, 0.15) is 5.82 Å². The van der Waals surface area contributed by atoms with Crippen LogP contribution in [0.5, 0.6) is 0 Å². The Morgan fingerprint density at radius 1 is 1.44 bits per heavy atom. The molecule has 2 nitrogen and oxygen atoms in total. The summed E-state index contributed by atoms with van der Waals surface area (Å²) in [5, 5.41) is 14.0. The summed E-state index contributed by atoms with van der Waals surface area (Å²) < 4.78 is 13.5. The van der Waals surface area contributed by atoms with Gasteiger partial charge in [-0.15, -0.1) is 0 Å². The average molecular weight is 269 g/mol. The molecular weight excluding hydrogens is 249 g/mol. The van der Waals surface area contributed by atoms with E-state index in [2.05, 4.69) is 11.6 Å². The first-order valence-electron chi connectivity index (χ1n) is 6.39. The molecule has 2 rings (SSSR count). The van der Waals surface area contributed by atoms with Crippen molar-refractivity contribution in [1.82, 2.24) is 5.32 Å². The highest BCUT2D eigenvalue weighted by atomic mass is 32.2. The predicted molar refractivity (Wildman–Crippen MR) is 74.3 cm³/mol. The van der Waals surface area contributed by atoms with Crippen LogP contribution in [0.3, 0.4) is 0 Å². The minimum Gasteiger partial charge on any atom is -0.387 e. The Labute approximate surface area is 112 Å². The molecule has 0 aromatic heterocycles. The SMILES string of the molecule is CSC1CCC(NCC(O)c2ccccc2F)C1. The number of halogens is 1. The summed E-state index contributed by atoms with van der Waals surface area (Å²) in [7, 11) is 0. The quantitative estimate of drug-likeness (QED) is 0.862. The topological polar surface area (TPSA) is 32.3 Å². The molecule has 0 spiro atoms. The number of aliphatic hydroxyl groups is 1. The van der Waals surface area contributed by atoms with Crippen molar-refractivity contribution in [2.45, 2.75) is 36.7 Å². The molecular formula is C14H20FNOS. The van der Waals surface area contributed by atoms with Crippen LogP contribution in [0, 0.1) is 5.82 Å². The number of nitrogens with one attached hydrogen (secondary N) is 1. The van der Waals surface area contributed by atoms with E-state index in [-0.39, 0.29) is 5.82 Å². The van der Waals surface area contributed by atoms with Crippen LogP contribution in [0.1, 0.15) is 30.9 Å². The summed E-state index contributed by atoms with van der Waals surface area (Å²) in [4.78, 5) is 0. The van der Waals surface area contributed by atoms with Gasteiger partial charge in [0.25, 0.3) is 0 Å². The van der Waals surface area contributed by atoms with Gasteiger partial charge in [0.15, 0.2) is 0 Å². The first-order valence-corrected chi connectivity index (χ1v) is 7.68. The maximum Gasteiger partial charge on any atom is 0.129 e. The normalized spacial score (nSPS) is 25.3. The minimum absolute atomic E-state index is 0.333. The van der Waals surface area contributed by atoms with E-state index in [4.69, 9.17) is 0 Å². The van der Waals surface area contributed by atoms with E-state index in [1.54, 1.807) is 18.2 Å². The number of thioether (sulfide) groups is 1. The second-order valence-corrected chi connectivity index (χ2v) is 5.95. The second kappa shape index (κ2) is 6.55. The summed E-state index contributed by atoms with van der Waals surface area (Å²) in [6.45, 7) is 0.423. The van der Waals surface area contributed by atoms with Crippen LogP contribution < -0.4 is 5.32 Å². The Morgan fingerprint density at radius 2 is 2.22 bits per heavy atom. The number of hydrogen-bond acceptors (Lipinski definition) is 3. The molecule has 18 heavy (non-hydrogen) atoms. The fraction of sp³-hybridized carbons (Fsp3) is 0.571. The van der Waals surface area contributed by atoms with E-state index in [0.29, 0.717) is 18.2 Å². The maximum atomic E-state index is 13.5. The van der Waals surface area contributed by atoms with Crippen molar-refractivity contribution in [3.05, 3.63) is 35.6 Å². The molecule has 1 saturated carbocycles. The zero-order chi connectivity index (χ0) is 13.0. The number of benzene rings is 1. The van der Waals surface area contributed by atoms with Crippen LogP contribution in [0.25, 0.3) is 0 Å². The predicted octanol–water partition coefficient (Wildman–Crippen LogP) is 2.73. The van der Waals surface area contributed by atoms with Crippen molar-refractivity contribution in [2.75, 3.05) is 12.8 Å². The molecule has 4 heteroatoms. The summed E-state index contributed by atoms with van der Waals surface area (Å²) in [6.07, 6.45) is 4.90. The third kappa shape index (κ3) is 3.46. The Bertz CT molecular complexity index is 388. The van der Waals surface area contributed by atoms with E-state index in [9.17, 15) is 9.50 Å². The van der Waals surface area contributed by atoms with Gasteiger partial charge in [-0.3, -0.25) is 0 Å². The molecule has 100 valence electrons. The Kier molecular flexibility index (Phi) is 5.03. The van der Waals surface area contributed by atoms with Crippen molar-refractivity contribution < 1.29 is 9.50 Å². The third-order valence-corrected chi connectivity index (χ3v) is 4.68. The van der Waals surface area contributed by atoms with Crippen LogP contribution >= 0.6 is 11.8 Å². The molecule has 1 aromatic rings. The van der Waals surface area contributed by atoms with Crippen molar-refractivity contribution >= 4 is 11.8 Å². The van der Waals surface area contributed by atoms with Gasteiger partial charge in [0.05, 0.1) is 6.10 Å². The summed E-state index contributed by atoms with van der Waals surface area (Å²) in [5.74, 6) is -0.333. The van der Waals surface area contributed by atoms with Crippen LogP contribution in [-0.2, 0) is 0 Å². The van der Waals surface area contributed by atoms with E-state index in [0.717, 1.165) is 18.1 Å². The van der Waals surface area contributed by atoms with Crippen molar-refractivity contribution in [2.24, 2.45) is 0 Å². The lowest BCUT2D eigenvalue weighted by Crippen LogP contribution is -2.31. The lowest BCUT2D eigenvalue weighted by Gasteiger charge is -2.17. The van der Waals surface area contributed by atoms with Crippen LogP contribution in [0.2, 0.25) is 0 Å². The molecule has 1 aliphatic carbocycles. The van der Waals surface area contributed by atoms with Gasteiger partial charge in [0, 0.05) is 23.4 Å². The molecule has 3 unspecified atom stereocenters. The summed E-state index contributed by atoms with van der Waals surface area (Å²) in [5.41, 5.74) is 0.379. The zero-order valence-corrected chi connectivity index (χ0v) is 11.4. The van der Waals surface area contributed by atoms with Gasteiger partial charge in [0.2, 0.25) is 0 Å². The highest BCUT2D eigenvalue weighted by Crippen LogP contribution is 2.28. The van der Waals surface area contributed by atoms with Gasteiger partial charge >= 0.3 is 0 Å². The number of hydrogen-bond donors (Lipinski definition) is 2. The van der Waals surface area contributed by atoms with Crippen molar-refractivity contribution in [3.63, 3.8) is 0 Å². The third-order valence-electron chi connectivity index (χ3n) is 3.58. The fourth-order valence-corrected chi connectivity index (χ4v) is 3.27. The molecule has 0 heterocycles. The molecule has 1 fully saturated rings. The van der Waals surface area contributed by atoms with Gasteiger partial charge in [-0.25, -0.2) is 4.39 Å². The summed E-state index contributed by atoms with van der Waals surface area (Å²) in [6, 6.07) is 6.88. The van der Waals surface area contributed by atoms with Gasteiger partial charge in [-0.05, 0) is 31.6 Å². The van der Waals surface area contributed by atoms with Gasteiger partial charge in [-0.1, -0.05) is 18.2 Å². The molecule has 1 aliphatic rings. The van der Waals surface area contributed by atoms with Gasteiger partial charge in [-0.2, -0.15) is 11.8 Å². The van der Waals surface area contributed by atoms with Gasteiger partial charge < -0.3 is 10.4 Å². The van der Waals surface area contributed by atoms with E-state index < -0.39 is 6.10 Å². The van der Waals surface area contributed by atoms with Crippen LogP contribution in [0.4, 0.5) is 4.39 Å². The molecule has 0 bridgehead atoms. The van der Waals surface area contributed by atoms with Crippen LogP contribution in [0.15, 0.2) is 24.3 Å². The minimum atomic E-state index is -0.764. The molecule has 3 atom stereocenters. The van der Waals surface area contributed by atoms with Crippen LogP contribution in [-0.4, -0.2) is 29.2 Å². The Balaban J connectivity index is 1.82. The molecule has 0 saturated heterocycles. The van der Waals surface area contributed by atoms with E-state index >= 15 is 0 Å². The molecule has 1 aromatic carbocycles. The Morgan fingerprint density at radius 3 is 2.89 bits per heavy atom. The zero-order valence-electron chi connectivity index (χ0n) is 10.6. The first kappa shape index (κ1) is 13.8. The highest BCUT2D eigenvalue weighted by molar-refractivity contribution is 7.99. The largest absolute Gasteiger partial charge is 0.387 e. The summed E-state index contributed by atoms with van der Waals surface area (Å²) >= 11 is 1.91. The fourth-order valence-electron chi connectivity index (χ4n) is 2.47. The van der Waals surface area contributed by atoms with E-state index in [1.165, 1.54) is 12.5 Å². The molecule has 2 N–H and O–H groups in total. The van der Waals surface area contributed by atoms with Crippen molar-refractivity contribution in [3.8, 4) is 0 Å². The standard InChI is InChI=1S/C14H20FNOS/c1-18-11-7-6-10(8-11)16-9-14(17)12-4-2-3-5-13(12)15/h2-5,10-11,14,16-17H,6-9H2,1H3. The van der Waals surface area contributed by atoms with Crippen molar-refractivity contribution in [1.29, 1.82) is 0 Å². The number of rotatable bonds is 5. The second-order valence-electron chi connectivity index (χ2n) is 4.81. The first-order chi connectivity index (χ1) is 8.70. The Hall–Kier alpha value is -0.580.